The molecule has 2 amide bonds. The van der Waals surface area contributed by atoms with Crippen LogP contribution in [0.15, 0.2) is 24.3 Å². The number of carbonyl (C=O) groups is 3. The number of hydrogen-bond donors (Lipinski definition) is 3. The van der Waals surface area contributed by atoms with E-state index in [-0.39, 0.29) is 17.4 Å². The van der Waals surface area contributed by atoms with Crippen molar-refractivity contribution in [1.82, 2.24) is 10.6 Å². The zero-order valence-electron chi connectivity index (χ0n) is 12.3. The maximum Gasteiger partial charge on any atom is 0.326 e. The summed E-state index contributed by atoms with van der Waals surface area (Å²) in [7, 11) is 1.50. The van der Waals surface area contributed by atoms with Crippen molar-refractivity contribution in [2.45, 2.75) is 26.3 Å². The Morgan fingerprint density at radius 2 is 1.71 bits per heavy atom. The van der Waals surface area contributed by atoms with Crippen molar-refractivity contribution in [3.8, 4) is 0 Å². The van der Waals surface area contributed by atoms with Gasteiger partial charge < -0.3 is 15.7 Å². The topological polar surface area (TPSA) is 95.5 Å². The van der Waals surface area contributed by atoms with Crippen LogP contribution >= 0.6 is 0 Å². The summed E-state index contributed by atoms with van der Waals surface area (Å²) in [5.41, 5.74) is 0.604. The molecule has 0 aliphatic heterocycles. The van der Waals surface area contributed by atoms with Gasteiger partial charge in [0.2, 0.25) is 0 Å². The summed E-state index contributed by atoms with van der Waals surface area (Å²) in [4.78, 5) is 34.8. The highest BCUT2D eigenvalue weighted by Crippen LogP contribution is 2.09. The van der Waals surface area contributed by atoms with Crippen LogP contribution in [0.25, 0.3) is 0 Å². The highest BCUT2D eigenvalue weighted by molar-refractivity contribution is 6.00. The molecule has 0 heterocycles. The van der Waals surface area contributed by atoms with Crippen LogP contribution in [0, 0.1) is 5.92 Å². The van der Waals surface area contributed by atoms with Gasteiger partial charge in [-0.05, 0) is 30.5 Å². The second-order valence-corrected chi connectivity index (χ2v) is 5.15. The maximum atomic E-state index is 12.1. The van der Waals surface area contributed by atoms with Gasteiger partial charge in [-0.1, -0.05) is 19.9 Å². The highest BCUT2D eigenvalue weighted by Gasteiger charge is 2.22. The molecule has 0 aliphatic rings. The van der Waals surface area contributed by atoms with E-state index in [9.17, 15) is 14.4 Å². The van der Waals surface area contributed by atoms with Crippen molar-refractivity contribution in [3.63, 3.8) is 0 Å². The van der Waals surface area contributed by atoms with Crippen LogP contribution in [-0.4, -0.2) is 36.0 Å². The molecule has 1 aromatic carbocycles. The molecule has 0 radical (unpaired) electrons. The first-order valence-electron chi connectivity index (χ1n) is 6.71. The number of rotatable bonds is 6. The Labute approximate surface area is 123 Å². The third-order valence-electron chi connectivity index (χ3n) is 2.92. The molecule has 1 rings (SSSR count). The van der Waals surface area contributed by atoms with Crippen molar-refractivity contribution < 1.29 is 19.5 Å². The fourth-order valence-electron chi connectivity index (χ4n) is 1.88. The number of carbonyl (C=O) groups excluding carboxylic acids is 2. The Morgan fingerprint density at radius 1 is 1.14 bits per heavy atom. The summed E-state index contributed by atoms with van der Waals surface area (Å²) in [6.07, 6.45) is 0.343. The van der Waals surface area contributed by atoms with E-state index in [0.717, 1.165) is 0 Å². The first-order valence-corrected chi connectivity index (χ1v) is 6.71. The van der Waals surface area contributed by atoms with E-state index in [0.29, 0.717) is 12.0 Å². The lowest BCUT2D eigenvalue weighted by atomic mass is 10.0. The average molecular weight is 292 g/mol. The first kappa shape index (κ1) is 16.7. The fourth-order valence-corrected chi connectivity index (χ4v) is 1.88. The lowest BCUT2D eigenvalue weighted by Crippen LogP contribution is -2.41. The van der Waals surface area contributed by atoms with E-state index in [1.54, 1.807) is 12.1 Å². The Bertz CT molecular complexity index is 540. The summed E-state index contributed by atoms with van der Waals surface area (Å²) in [6.45, 7) is 3.77. The second kappa shape index (κ2) is 7.42. The van der Waals surface area contributed by atoms with Gasteiger partial charge in [0, 0.05) is 18.2 Å². The van der Waals surface area contributed by atoms with Gasteiger partial charge in [0.05, 0.1) is 0 Å². The SMILES string of the molecule is CNC(=O)c1cccc(C(=O)NC(CC(C)C)C(=O)O)c1. The van der Waals surface area contributed by atoms with E-state index in [2.05, 4.69) is 10.6 Å². The van der Waals surface area contributed by atoms with Crippen molar-refractivity contribution >= 4 is 17.8 Å². The number of amides is 2. The standard InChI is InChI=1S/C15H20N2O4/c1-9(2)7-12(15(20)21)17-14(19)11-6-4-5-10(8-11)13(18)16-3/h4-6,8-9,12H,7H2,1-3H3,(H,16,18)(H,17,19)(H,20,21). The minimum Gasteiger partial charge on any atom is -0.480 e. The number of benzene rings is 1. The van der Waals surface area contributed by atoms with E-state index < -0.39 is 17.9 Å². The van der Waals surface area contributed by atoms with E-state index in [4.69, 9.17) is 5.11 Å². The monoisotopic (exact) mass is 292 g/mol. The minimum absolute atomic E-state index is 0.142. The zero-order chi connectivity index (χ0) is 16.0. The van der Waals surface area contributed by atoms with Gasteiger partial charge in [-0.25, -0.2) is 4.79 Å². The van der Waals surface area contributed by atoms with E-state index in [1.807, 2.05) is 13.8 Å². The molecule has 1 atom stereocenters. The molecule has 6 nitrogen and oxygen atoms in total. The number of carboxylic acid groups (broad SMARTS) is 1. The number of aliphatic carboxylic acids is 1. The van der Waals surface area contributed by atoms with Gasteiger partial charge in [-0.3, -0.25) is 9.59 Å². The van der Waals surface area contributed by atoms with E-state index >= 15 is 0 Å². The molecule has 6 heteroatoms. The predicted octanol–water partition coefficient (Wildman–Crippen LogP) is 1.28. The van der Waals surface area contributed by atoms with Gasteiger partial charge in [0.25, 0.3) is 11.8 Å². The summed E-state index contributed by atoms with van der Waals surface area (Å²) >= 11 is 0. The summed E-state index contributed by atoms with van der Waals surface area (Å²) < 4.78 is 0. The van der Waals surface area contributed by atoms with Gasteiger partial charge in [0.15, 0.2) is 0 Å². The number of hydrogen-bond acceptors (Lipinski definition) is 3. The van der Waals surface area contributed by atoms with Crippen LogP contribution in [-0.2, 0) is 4.79 Å². The molecule has 21 heavy (non-hydrogen) atoms. The van der Waals surface area contributed by atoms with Gasteiger partial charge in [-0.2, -0.15) is 0 Å². The van der Waals surface area contributed by atoms with Gasteiger partial charge in [-0.15, -0.1) is 0 Å². The molecule has 114 valence electrons. The molecule has 3 N–H and O–H groups in total. The molecule has 0 aliphatic carbocycles. The highest BCUT2D eigenvalue weighted by atomic mass is 16.4. The van der Waals surface area contributed by atoms with Crippen molar-refractivity contribution in [1.29, 1.82) is 0 Å². The lowest BCUT2D eigenvalue weighted by molar-refractivity contribution is -0.139. The first-order chi connectivity index (χ1) is 9.85. The molecule has 0 saturated carbocycles. The molecule has 0 bridgehead atoms. The van der Waals surface area contributed by atoms with Crippen LogP contribution in [0.4, 0.5) is 0 Å². The largest absolute Gasteiger partial charge is 0.480 e. The lowest BCUT2D eigenvalue weighted by Gasteiger charge is -2.16. The average Bonchev–Trinajstić information content (AvgIpc) is 2.45. The molecule has 0 spiro atoms. The normalized spacial score (nSPS) is 11.8. The Balaban J connectivity index is 2.87. The van der Waals surface area contributed by atoms with E-state index in [1.165, 1.54) is 19.2 Å². The molecular weight excluding hydrogens is 272 g/mol. The third kappa shape index (κ3) is 4.91. The minimum atomic E-state index is -1.07. The van der Waals surface area contributed by atoms with Crippen LogP contribution in [0.5, 0.6) is 0 Å². The summed E-state index contributed by atoms with van der Waals surface area (Å²) in [6, 6.07) is 5.19. The summed E-state index contributed by atoms with van der Waals surface area (Å²) in [5, 5.41) is 14.1. The maximum absolute atomic E-state index is 12.1. The van der Waals surface area contributed by atoms with Crippen LogP contribution < -0.4 is 10.6 Å². The number of carboxylic acids is 1. The fraction of sp³-hybridized carbons (Fsp3) is 0.400. The number of nitrogens with one attached hydrogen (secondary N) is 2. The zero-order valence-corrected chi connectivity index (χ0v) is 12.3. The molecule has 1 aromatic rings. The Hall–Kier alpha value is -2.37. The molecule has 0 saturated heterocycles. The molecule has 0 fully saturated rings. The Morgan fingerprint density at radius 3 is 2.19 bits per heavy atom. The molecule has 0 aromatic heterocycles. The third-order valence-corrected chi connectivity index (χ3v) is 2.92. The van der Waals surface area contributed by atoms with Crippen molar-refractivity contribution in [2.75, 3.05) is 7.05 Å². The van der Waals surface area contributed by atoms with Crippen LogP contribution in [0.2, 0.25) is 0 Å². The predicted molar refractivity (Wildman–Crippen MR) is 78.2 cm³/mol. The quantitative estimate of drug-likeness (QED) is 0.736. The van der Waals surface area contributed by atoms with Crippen molar-refractivity contribution in [2.24, 2.45) is 5.92 Å². The smallest absolute Gasteiger partial charge is 0.326 e. The molecular formula is C15H20N2O4. The second-order valence-electron chi connectivity index (χ2n) is 5.15. The van der Waals surface area contributed by atoms with Gasteiger partial charge >= 0.3 is 5.97 Å². The van der Waals surface area contributed by atoms with Crippen LogP contribution in [0.1, 0.15) is 41.0 Å². The molecule has 1 unspecified atom stereocenters. The van der Waals surface area contributed by atoms with Crippen molar-refractivity contribution in [3.05, 3.63) is 35.4 Å². The Kier molecular flexibility index (Phi) is 5.90. The van der Waals surface area contributed by atoms with Gasteiger partial charge in [0.1, 0.15) is 6.04 Å². The van der Waals surface area contributed by atoms with Crippen LogP contribution in [0.3, 0.4) is 0 Å². The summed E-state index contributed by atoms with van der Waals surface area (Å²) in [5.74, 6) is -1.74.